The van der Waals surface area contributed by atoms with E-state index in [1.165, 1.54) is 5.69 Å². The molecule has 6 heteroatoms. The molecule has 0 bridgehead atoms. The van der Waals surface area contributed by atoms with Gasteiger partial charge < -0.3 is 20.3 Å². The maximum absolute atomic E-state index is 5.41. The number of aliphatic imine (C=N–C) groups is 1. The highest BCUT2D eigenvalue weighted by molar-refractivity contribution is 9.10. The first-order valence-electron chi connectivity index (χ1n) is 8.80. The van der Waals surface area contributed by atoms with Crippen LogP contribution in [0.15, 0.2) is 58.0 Å². The molecule has 1 heterocycles. The van der Waals surface area contributed by atoms with Crippen molar-refractivity contribution in [2.45, 2.75) is 19.0 Å². The van der Waals surface area contributed by atoms with Gasteiger partial charge in [0.05, 0.1) is 12.8 Å². The monoisotopic (exact) mass is 416 g/mol. The van der Waals surface area contributed by atoms with Gasteiger partial charge >= 0.3 is 0 Å². The van der Waals surface area contributed by atoms with Gasteiger partial charge in [-0.1, -0.05) is 30.3 Å². The van der Waals surface area contributed by atoms with Gasteiger partial charge in [-0.25, -0.2) is 0 Å². The van der Waals surface area contributed by atoms with Crippen LogP contribution in [0.3, 0.4) is 0 Å². The molecule has 1 unspecified atom stereocenters. The summed E-state index contributed by atoms with van der Waals surface area (Å²) in [5.41, 5.74) is 2.35. The van der Waals surface area contributed by atoms with Crippen LogP contribution in [0.5, 0.6) is 5.75 Å². The fraction of sp³-hybridized carbons (Fsp3) is 0.350. The third kappa shape index (κ3) is 4.49. The largest absolute Gasteiger partial charge is 0.496 e. The first kappa shape index (κ1) is 18.6. The van der Waals surface area contributed by atoms with E-state index in [-0.39, 0.29) is 0 Å². The molecule has 1 aliphatic rings. The molecule has 138 valence electrons. The molecule has 1 saturated heterocycles. The molecule has 0 radical (unpaired) electrons. The van der Waals surface area contributed by atoms with E-state index < -0.39 is 0 Å². The Labute approximate surface area is 163 Å². The summed E-state index contributed by atoms with van der Waals surface area (Å²) in [6, 6.07) is 16.8. The minimum absolute atomic E-state index is 0.367. The summed E-state index contributed by atoms with van der Waals surface area (Å²) in [6.45, 7) is 2.66. The van der Waals surface area contributed by atoms with E-state index >= 15 is 0 Å². The Morgan fingerprint density at radius 2 is 2.00 bits per heavy atom. The number of methoxy groups -OCH3 is 1. The lowest BCUT2D eigenvalue weighted by Gasteiger charge is -2.21. The number of hydrogen-bond acceptors (Lipinski definition) is 3. The standard InChI is InChI=1S/C20H25BrN4O/c1-22-20(23-13-15-7-3-6-10-19(15)26-2)24-16-11-12-25(14-16)18-9-5-4-8-17(18)21/h3-10,16H,11-14H2,1-2H3,(H2,22,23,24). The van der Waals surface area contributed by atoms with Crippen LogP contribution in [0.25, 0.3) is 0 Å². The molecule has 0 aromatic heterocycles. The summed E-state index contributed by atoms with van der Waals surface area (Å²) in [4.78, 5) is 6.76. The van der Waals surface area contributed by atoms with Crippen LogP contribution in [0, 0.1) is 0 Å². The number of benzene rings is 2. The third-order valence-corrected chi connectivity index (χ3v) is 5.26. The molecule has 1 aliphatic heterocycles. The number of nitrogens with one attached hydrogen (secondary N) is 2. The molecule has 26 heavy (non-hydrogen) atoms. The van der Waals surface area contributed by atoms with Crippen LogP contribution >= 0.6 is 15.9 Å². The maximum atomic E-state index is 5.41. The van der Waals surface area contributed by atoms with E-state index in [1.807, 2.05) is 24.3 Å². The minimum atomic E-state index is 0.367. The van der Waals surface area contributed by atoms with E-state index in [2.05, 4.69) is 60.7 Å². The number of ether oxygens (including phenoxy) is 1. The second-order valence-corrected chi connectivity index (χ2v) is 7.12. The van der Waals surface area contributed by atoms with Crippen LogP contribution in [0.4, 0.5) is 5.69 Å². The molecule has 1 fully saturated rings. The Kier molecular flexibility index (Phi) is 6.39. The molecule has 2 aromatic carbocycles. The lowest BCUT2D eigenvalue weighted by molar-refractivity contribution is 0.409. The van der Waals surface area contributed by atoms with Gasteiger partial charge in [-0.3, -0.25) is 4.99 Å². The highest BCUT2D eigenvalue weighted by Crippen LogP contribution is 2.28. The van der Waals surface area contributed by atoms with Gasteiger partial charge in [0.1, 0.15) is 5.75 Å². The third-order valence-electron chi connectivity index (χ3n) is 4.58. The Morgan fingerprint density at radius 3 is 2.77 bits per heavy atom. The summed E-state index contributed by atoms with van der Waals surface area (Å²) in [7, 11) is 3.50. The molecule has 0 aliphatic carbocycles. The molecule has 0 amide bonds. The van der Waals surface area contributed by atoms with E-state index in [4.69, 9.17) is 4.74 Å². The highest BCUT2D eigenvalue weighted by Gasteiger charge is 2.24. The average Bonchev–Trinajstić information content (AvgIpc) is 3.14. The topological polar surface area (TPSA) is 48.9 Å². The number of para-hydroxylation sites is 2. The molecule has 5 nitrogen and oxygen atoms in total. The molecular weight excluding hydrogens is 392 g/mol. The van der Waals surface area contributed by atoms with Crippen molar-refractivity contribution in [2.24, 2.45) is 4.99 Å². The number of nitrogens with zero attached hydrogens (tertiary/aromatic N) is 2. The zero-order valence-corrected chi connectivity index (χ0v) is 16.8. The molecule has 0 spiro atoms. The second kappa shape index (κ2) is 8.94. The predicted octanol–water partition coefficient (Wildman–Crippen LogP) is 3.40. The lowest BCUT2D eigenvalue weighted by atomic mass is 10.2. The summed E-state index contributed by atoms with van der Waals surface area (Å²) in [6.07, 6.45) is 1.08. The van der Waals surface area contributed by atoms with E-state index in [0.717, 1.165) is 41.3 Å². The summed E-state index contributed by atoms with van der Waals surface area (Å²) in [5.74, 6) is 1.70. The van der Waals surface area contributed by atoms with Crippen LogP contribution in [-0.2, 0) is 6.54 Å². The SMILES string of the molecule is CN=C(NCc1ccccc1OC)NC1CCN(c2ccccc2Br)C1. The second-order valence-electron chi connectivity index (χ2n) is 6.26. The van der Waals surface area contributed by atoms with Gasteiger partial charge in [-0.05, 0) is 40.5 Å². The molecule has 2 N–H and O–H groups in total. The Morgan fingerprint density at radius 1 is 1.23 bits per heavy atom. The van der Waals surface area contributed by atoms with Crippen LogP contribution < -0.4 is 20.3 Å². The van der Waals surface area contributed by atoms with Gasteiger partial charge in [-0.15, -0.1) is 0 Å². The number of guanidine groups is 1. The van der Waals surface area contributed by atoms with Crippen molar-refractivity contribution in [1.82, 2.24) is 10.6 Å². The van der Waals surface area contributed by atoms with Gasteiger partial charge in [0.2, 0.25) is 0 Å². The Bertz CT molecular complexity index is 765. The van der Waals surface area contributed by atoms with Crippen molar-refractivity contribution >= 4 is 27.6 Å². The summed E-state index contributed by atoms with van der Waals surface area (Å²) >= 11 is 3.65. The van der Waals surface area contributed by atoms with Crippen molar-refractivity contribution in [2.75, 3.05) is 32.1 Å². The Balaban J connectivity index is 1.55. The quantitative estimate of drug-likeness (QED) is 0.579. The fourth-order valence-electron chi connectivity index (χ4n) is 3.22. The van der Waals surface area contributed by atoms with Crippen LogP contribution in [0.1, 0.15) is 12.0 Å². The molecular formula is C20H25BrN4O. The number of rotatable bonds is 5. The maximum Gasteiger partial charge on any atom is 0.191 e. The van der Waals surface area contributed by atoms with Crippen molar-refractivity contribution in [3.63, 3.8) is 0 Å². The smallest absolute Gasteiger partial charge is 0.191 e. The van der Waals surface area contributed by atoms with Crippen molar-refractivity contribution in [3.05, 3.63) is 58.6 Å². The molecule has 2 aromatic rings. The lowest BCUT2D eigenvalue weighted by Crippen LogP contribution is -2.44. The fourth-order valence-corrected chi connectivity index (χ4v) is 3.76. The molecule has 3 rings (SSSR count). The summed E-state index contributed by atoms with van der Waals surface area (Å²) < 4.78 is 6.55. The minimum Gasteiger partial charge on any atom is -0.496 e. The summed E-state index contributed by atoms with van der Waals surface area (Å²) in [5, 5.41) is 6.92. The first-order valence-corrected chi connectivity index (χ1v) is 9.59. The average molecular weight is 417 g/mol. The normalized spacial score (nSPS) is 17.3. The van der Waals surface area contributed by atoms with Gasteiger partial charge in [0, 0.05) is 42.8 Å². The number of hydrogen-bond donors (Lipinski definition) is 2. The molecule has 1 atom stereocenters. The van der Waals surface area contributed by atoms with E-state index in [9.17, 15) is 0 Å². The van der Waals surface area contributed by atoms with Gasteiger partial charge in [0.15, 0.2) is 5.96 Å². The van der Waals surface area contributed by atoms with Crippen molar-refractivity contribution < 1.29 is 4.74 Å². The first-order chi connectivity index (χ1) is 12.7. The zero-order valence-electron chi connectivity index (χ0n) is 15.2. The van der Waals surface area contributed by atoms with Crippen molar-refractivity contribution in [3.8, 4) is 5.75 Å². The van der Waals surface area contributed by atoms with Crippen LogP contribution in [0.2, 0.25) is 0 Å². The number of anilines is 1. The van der Waals surface area contributed by atoms with Crippen LogP contribution in [-0.4, -0.2) is 39.2 Å². The molecule has 0 saturated carbocycles. The highest BCUT2D eigenvalue weighted by atomic mass is 79.9. The van der Waals surface area contributed by atoms with E-state index in [0.29, 0.717) is 12.6 Å². The van der Waals surface area contributed by atoms with E-state index in [1.54, 1.807) is 14.2 Å². The number of halogens is 1. The predicted molar refractivity (Wildman–Crippen MR) is 111 cm³/mol. The Hall–Kier alpha value is -2.21. The zero-order chi connectivity index (χ0) is 18.4. The van der Waals surface area contributed by atoms with Gasteiger partial charge in [0.25, 0.3) is 0 Å². The van der Waals surface area contributed by atoms with Gasteiger partial charge in [-0.2, -0.15) is 0 Å². The van der Waals surface area contributed by atoms with Crippen molar-refractivity contribution in [1.29, 1.82) is 0 Å².